The van der Waals surface area contributed by atoms with E-state index in [-0.39, 0.29) is 12.7 Å². The Morgan fingerprint density at radius 1 is 0.864 bits per heavy atom. The Kier molecular flexibility index (Phi) is 7.37. The van der Waals surface area contributed by atoms with Crippen molar-refractivity contribution in [1.29, 1.82) is 5.26 Å². The van der Waals surface area contributed by atoms with E-state index in [0.29, 0.717) is 19.6 Å². The number of nitrogens with zero attached hydrogens (tertiary/aromatic N) is 1. The van der Waals surface area contributed by atoms with Crippen LogP contribution in [0.25, 0.3) is 21.5 Å². The maximum Gasteiger partial charge on any atom is 0.264 e. The zero-order valence-corrected chi connectivity index (χ0v) is 26.1. The molecule has 5 aromatic rings. The Bertz CT molecular complexity index is 1900. The van der Waals surface area contributed by atoms with Crippen molar-refractivity contribution in [3.8, 4) is 6.07 Å². The summed E-state index contributed by atoms with van der Waals surface area (Å²) >= 11 is 2.29. The molecule has 5 aromatic carbocycles. The number of benzene rings is 5. The second-order valence-corrected chi connectivity index (χ2v) is 12.9. The van der Waals surface area contributed by atoms with Crippen molar-refractivity contribution in [3.63, 3.8) is 0 Å². The fraction of sp³-hybridized carbons (Fsp3) is 0.270. The Morgan fingerprint density at radius 2 is 1.64 bits per heavy atom. The zero-order valence-electron chi connectivity index (χ0n) is 23.9. The third-order valence-corrected chi connectivity index (χ3v) is 10.1. The molecule has 2 saturated heterocycles. The first kappa shape index (κ1) is 28.1. The van der Waals surface area contributed by atoms with Gasteiger partial charge < -0.3 is 23.7 Å². The average molecular weight is 696 g/mol. The molecule has 3 aliphatic heterocycles. The highest BCUT2D eigenvalue weighted by Gasteiger charge is 2.56. The summed E-state index contributed by atoms with van der Waals surface area (Å²) in [4.78, 5) is 0. The van der Waals surface area contributed by atoms with Crippen LogP contribution in [0.3, 0.4) is 0 Å². The molecule has 0 unspecified atom stereocenters. The molecule has 7 heteroatoms. The molecule has 0 aliphatic carbocycles. The van der Waals surface area contributed by atoms with Crippen LogP contribution in [0.1, 0.15) is 28.4 Å². The van der Waals surface area contributed by atoms with Crippen LogP contribution in [0.4, 0.5) is 0 Å². The van der Waals surface area contributed by atoms with Crippen molar-refractivity contribution < 1.29 is 23.7 Å². The molecule has 0 N–H and O–H groups in total. The molecule has 0 spiro atoms. The molecule has 0 amide bonds. The van der Waals surface area contributed by atoms with E-state index in [0.717, 1.165) is 42.0 Å². The number of fused-ring (bicyclic) bond motifs is 7. The van der Waals surface area contributed by atoms with Crippen molar-refractivity contribution in [2.75, 3.05) is 6.61 Å². The normalized spacial score (nSPS) is 27.7. The lowest BCUT2D eigenvalue weighted by atomic mass is 9.84. The third kappa shape index (κ3) is 5.00. The van der Waals surface area contributed by atoms with Crippen molar-refractivity contribution in [1.82, 2.24) is 0 Å². The van der Waals surface area contributed by atoms with Gasteiger partial charge in [0.2, 0.25) is 0 Å². The third-order valence-electron chi connectivity index (χ3n) is 9.03. The van der Waals surface area contributed by atoms with E-state index >= 15 is 0 Å². The van der Waals surface area contributed by atoms with Gasteiger partial charge >= 0.3 is 0 Å². The summed E-state index contributed by atoms with van der Waals surface area (Å²) in [6.45, 7) is 1.02. The Balaban J connectivity index is 1.16. The van der Waals surface area contributed by atoms with E-state index in [9.17, 15) is 5.26 Å². The minimum atomic E-state index is -1.47. The van der Waals surface area contributed by atoms with E-state index in [4.69, 9.17) is 23.7 Å². The quantitative estimate of drug-likeness (QED) is 0.179. The van der Waals surface area contributed by atoms with Gasteiger partial charge in [-0.2, -0.15) is 5.26 Å². The first-order valence-corrected chi connectivity index (χ1v) is 16.0. The van der Waals surface area contributed by atoms with E-state index in [2.05, 4.69) is 95.4 Å². The first-order chi connectivity index (χ1) is 21.6. The molecule has 0 saturated carbocycles. The summed E-state index contributed by atoms with van der Waals surface area (Å²) in [5.74, 6) is -1.47. The van der Waals surface area contributed by atoms with Gasteiger partial charge in [0, 0.05) is 9.99 Å². The van der Waals surface area contributed by atoms with E-state index in [1.165, 1.54) is 5.39 Å². The molecule has 0 aromatic heterocycles. The molecule has 3 heterocycles. The van der Waals surface area contributed by atoms with Crippen LogP contribution in [0, 0.1) is 14.9 Å². The predicted molar refractivity (Wildman–Crippen MR) is 175 cm³/mol. The van der Waals surface area contributed by atoms with Crippen LogP contribution in [-0.4, -0.2) is 36.8 Å². The molecule has 220 valence electrons. The van der Waals surface area contributed by atoms with Gasteiger partial charge in [0.25, 0.3) is 5.79 Å². The summed E-state index contributed by atoms with van der Waals surface area (Å²) in [7, 11) is 0. The first-order valence-electron chi connectivity index (χ1n) is 14.9. The fourth-order valence-corrected chi connectivity index (χ4v) is 7.44. The molecule has 44 heavy (non-hydrogen) atoms. The minimum Gasteiger partial charge on any atom is -0.368 e. The summed E-state index contributed by atoms with van der Waals surface area (Å²) in [6.07, 6.45) is -2.01. The molecule has 0 bridgehead atoms. The van der Waals surface area contributed by atoms with Gasteiger partial charge in [0.1, 0.15) is 36.6 Å². The number of ether oxygens (including phenoxy) is 5. The monoisotopic (exact) mass is 695 g/mol. The van der Waals surface area contributed by atoms with Gasteiger partial charge in [0.15, 0.2) is 0 Å². The van der Waals surface area contributed by atoms with E-state index in [1.54, 1.807) is 0 Å². The highest BCUT2D eigenvalue weighted by atomic mass is 127. The molecular weight excluding hydrogens is 665 g/mol. The number of halogens is 1. The molecule has 6 atom stereocenters. The van der Waals surface area contributed by atoms with E-state index < -0.39 is 30.2 Å². The summed E-state index contributed by atoms with van der Waals surface area (Å²) in [5, 5.41) is 15.1. The summed E-state index contributed by atoms with van der Waals surface area (Å²) in [6, 6.07) is 37.7. The maximum absolute atomic E-state index is 10.4. The van der Waals surface area contributed by atoms with Crippen LogP contribution < -0.4 is 0 Å². The van der Waals surface area contributed by atoms with E-state index in [1.807, 2.05) is 36.4 Å². The fourth-order valence-electron chi connectivity index (χ4n) is 6.86. The minimum absolute atomic E-state index is 0.209. The van der Waals surface area contributed by atoms with Crippen molar-refractivity contribution in [3.05, 3.63) is 129 Å². The van der Waals surface area contributed by atoms with Crippen molar-refractivity contribution in [2.45, 2.75) is 55.9 Å². The molecule has 2 fully saturated rings. The Morgan fingerprint density at radius 3 is 2.50 bits per heavy atom. The van der Waals surface area contributed by atoms with Gasteiger partial charge in [-0.05, 0) is 78.5 Å². The van der Waals surface area contributed by atoms with Crippen LogP contribution in [0.15, 0.2) is 103 Å². The average Bonchev–Trinajstić information content (AvgIpc) is 3.07. The maximum atomic E-state index is 10.4. The molecular formula is C37H30INO5. The van der Waals surface area contributed by atoms with Crippen molar-refractivity contribution >= 4 is 44.1 Å². The van der Waals surface area contributed by atoms with Gasteiger partial charge in [-0.3, -0.25) is 0 Å². The van der Waals surface area contributed by atoms with Crippen LogP contribution >= 0.6 is 22.6 Å². The highest BCUT2D eigenvalue weighted by molar-refractivity contribution is 14.1. The van der Waals surface area contributed by atoms with Gasteiger partial charge in [-0.15, -0.1) is 0 Å². The number of nitriles is 1. The van der Waals surface area contributed by atoms with Gasteiger partial charge in [0.05, 0.1) is 19.8 Å². The number of hydrogen-bond acceptors (Lipinski definition) is 6. The highest BCUT2D eigenvalue weighted by Crippen LogP contribution is 2.47. The van der Waals surface area contributed by atoms with Gasteiger partial charge in [-0.1, -0.05) is 91.0 Å². The van der Waals surface area contributed by atoms with Crippen LogP contribution in [0.5, 0.6) is 0 Å². The molecule has 6 nitrogen and oxygen atoms in total. The molecule has 3 aliphatic rings. The number of rotatable bonds is 5. The van der Waals surface area contributed by atoms with Crippen molar-refractivity contribution in [2.24, 2.45) is 0 Å². The number of hydrogen-bond donors (Lipinski definition) is 0. The smallest absolute Gasteiger partial charge is 0.264 e. The lowest BCUT2D eigenvalue weighted by Gasteiger charge is -2.52. The standard InChI is InChI=1S/C37H30INO5/c38-30-12-6-4-10-27(30)18-37(22-39)42-21-31-33(44-37)35(40-19-23-13-14-24-7-1-2-9-26(24)17-23)36-34(43-31)32-28(20-41-36)16-15-25-8-3-5-11-29(25)32/h1-17,31,33-36H,18-21H2/t31-,33-,34-,35+,36+,37+/m1/s1. The zero-order chi connectivity index (χ0) is 29.7. The lowest BCUT2D eigenvalue weighted by molar-refractivity contribution is -0.362. The van der Waals surface area contributed by atoms with Crippen LogP contribution in [0.2, 0.25) is 0 Å². The topological polar surface area (TPSA) is 69.9 Å². The summed E-state index contributed by atoms with van der Waals surface area (Å²) < 4.78 is 34.1. The lowest BCUT2D eigenvalue weighted by Crippen LogP contribution is -2.65. The summed E-state index contributed by atoms with van der Waals surface area (Å²) in [5.41, 5.74) is 4.29. The Hall–Kier alpha value is -3.36. The van der Waals surface area contributed by atoms with Gasteiger partial charge in [-0.25, -0.2) is 0 Å². The van der Waals surface area contributed by atoms with Crippen LogP contribution in [-0.2, 0) is 43.3 Å². The second kappa shape index (κ2) is 11.5. The second-order valence-electron chi connectivity index (χ2n) is 11.7. The largest absolute Gasteiger partial charge is 0.368 e. The predicted octanol–water partition coefficient (Wildman–Crippen LogP) is 7.40. The SMILES string of the molecule is N#C[C@@]1(Cc2ccccc2I)OC[C@H]2O[C@@H]3c4c(ccc5ccccc45)CO[C@@H]3[C@@H](OCc3ccc4ccccc4c3)[C@@H]2O1. The molecule has 0 radical (unpaired) electrons. The Labute approximate surface area is 269 Å². The molecule has 8 rings (SSSR count).